The molecule has 0 saturated carbocycles. The third-order valence-electron chi connectivity index (χ3n) is 3.64. The molecule has 25 heavy (non-hydrogen) atoms. The fourth-order valence-electron chi connectivity index (χ4n) is 2.30. The number of Topliss-reactive ketones (excluding diaryl/α,β-unsaturated/α-hetero) is 1. The smallest absolute Gasteiger partial charge is 0.287 e. The summed E-state index contributed by atoms with van der Waals surface area (Å²) in [6.45, 7) is 0.0640. The standard InChI is InChI=1S/C18H13FN3O3/c19-15-5-1-13(2-6-15)17-9-10-21(12-20-17)11-18(23)14-3-7-16(8-4-14)22(24)25/h1-10,12H,11H2/q+1. The zero-order valence-electron chi connectivity index (χ0n) is 13.0. The van der Waals surface area contributed by atoms with Crippen molar-refractivity contribution in [2.75, 3.05) is 0 Å². The Morgan fingerprint density at radius 1 is 1.08 bits per heavy atom. The highest BCUT2D eigenvalue weighted by Gasteiger charge is 2.13. The molecule has 3 aromatic rings. The van der Waals surface area contributed by atoms with Crippen molar-refractivity contribution < 1.29 is 18.7 Å². The summed E-state index contributed by atoms with van der Waals surface area (Å²) in [6.07, 6.45) is 3.22. The molecule has 7 heteroatoms. The minimum Gasteiger partial charge on any atom is -0.290 e. The lowest BCUT2D eigenvalue weighted by Crippen LogP contribution is -2.37. The molecule has 2 aromatic carbocycles. The third-order valence-corrected chi connectivity index (χ3v) is 3.64. The van der Waals surface area contributed by atoms with Crippen LogP contribution in [0.1, 0.15) is 10.4 Å². The van der Waals surface area contributed by atoms with E-state index < -0.39 is 4.92 Å². The summed E-state index contributed by atoms with van der Waals surface area (Å²) in [7, 11) is 0. The zero-order valence-corrected chi connectivity index (χ0v) is 13.0. The van der Waals surface area contributed by atoms with E-state index >= 15 is 0 Å². The maximum atomic E-state index is 12.9. The predicted octanol–water partition coefficient (Wildman–Crippen LogP) is 2.97. The Bertz CT molecular complexity index is 908. The van der Waals surface area contributed by atoms with E-state index in [1.54, 1.807) is 29.0 Å². The second-order valence-electron chi connectivity index (χ2n) is 5.35. The molecule has 1 heterocycles. The van der Waals surface area contributed by atoms with E-state index in [2.05, 4.69) is 4.98 Å². The van der Waals surface area contributed by atoms with Gasteiger partial charge in [-0.15, -0.1) is 0 Å². The molecule has 0 aliphatic heterocycles. The largest absolute Gasteiger partial charge is 0.290 e. The monoisotopic (exact) mass is 338 g/mol. The van der Waals surface area contributed by atoms with E-state index in [4.69, 9.17) is 0 Å². The Labute approximate surface area is 142 Å². The fourth-order valence-corrected chi connectivity index (χ4v) is 2.30. The topological polar surface area (TPSA) is 77.0 Å². The lowest BCUT2D eigenvalue weighted by Gasteiger charge is -2.01. The number of nitrogens with zero attached hydrogens (tertiary/aromatic N) is 3. The van der Waals surface area contributed by atoms with Crippen LogP contribution in [0.3, 0.4) is 0 Å². The summed E-state index contributed by atoms with van der Waals surface area (Å²) in [4.78, 5) is 26.6. The van der Waals surface area contributed by atoms with E-state index in [0.717, 1.165) is 5.56 Å². The molecular formula is C18H13FN3O3+. The van der Waals surface area contributed by atoms with E-state index in [1.807, 2.05) is 0 Å². The first-order valence-electron chi connectivity index (χ1n) is 7.41. The van der Waals surface area contributed by atoms with E-state index in [0.29, 0.717) is 11.3 Å². The van der Waals surface area contributed by atoms with Gasteiger partial charge in [-0.05, 0) is 41.4 Å². The summed E-state index contributed by atoms with van der Waals surface area (Å²) in [5.74, 6) is -0.500. The number of aromatic nitrogens is 2. The summed E-state index contributed by atoms with van der Waals surface area (Å²) < 4.78 is 14.5. The van der Waals surface area contributed by atoms with Crippen LogP contribution in [0, 0.1) is 15.9 Å². The lowest BCUT2D eigenvalue weighted by molar-refractivity contribution is -0.686. The molecule has 0 saturated heterocycles. The van der Waals surface area contributed by atoms with Gasteiger partial charge in [-0.3, -0.25) is 14.9 Å². The summed E-state index contributed by atoms with van der Waals surface area (Å²) >= 11 is 0. The van der Waals surface area contributed by atoms with E-state index in [9.17, 15) is 19.3 Å². The van der Waals surface area contributed by atoms with Gasteiger partial charge in [0.05, 0.1) is 11.1 Å². The van der Waals surface area contributed by atoms with Crippen molar-refractivity contribution >= 4 is 11.5 Å². The zero-order chi connectivity index (χ0) is 17.8. The molecule has 0 radical (unpaired) electrons. The molecular weight excluding hydrogens is 325 g/mol. The maximum Gasteiger partial charge on any atom is 0.287 e. The van der Waals surface area contributed by atoms with Crippen LogP contribution in [0.15, 0.2) is 67.1 Å². The van der Waals surface area contributed by atoms with Crippen LogP contribution in [-0.2, 0) is 6.54 Å². The number of nitro groups is 1. The quantitative estimate of drug-likeness (QED) is 0.310. The first kappa shape index (κ1) is 16.4. The van der Waals surface area contributed by atoms with Gasteiger partial charge in [0, 0.05) is 29.3 Å². The molecule has 0 bridgehead atoms. The highest BCUT2D eigenvalue weighted by Crippen LogP contribution is 2.15. The minimum atomic E-state index is -0.513. The number of nitro benzene ring substituents is 1. The summed E-state index contributed by atoms with van der Waals surface area (Å²) in [5, 5.41) is 10.6. The number of carbonyl (C=O) groups is 1. The number of hydrogen-bond donors (Lipinski definition) is 0. The highest BCUT2D eigenvalue weighted by atomic mass is 19.1. The first-order chi connectivity index (χ1) is 12.0. The van der Waals surface area contributed by atoms with Gasteiger partial charge >= 0.3 is 0 Å². The van der Waals surface area contributed by atoms with Gasteiger partial charge in [0.25, 0.3) is 12.0 Å². The summed E-state index contributed by atoms with van der Waals surface area (Å²) in [5.41, 5.74) is 1.77. The van der Waals surface area contributed by atoms with Crippen LogP contribution in [0.5, 0.6) is 0 Å². The van der Waals surface area contributed by atoms with Gasteiger partial charge in [-0.1, -0.05) is 0 Å². The molecule has 0 unspecified atom stereocenters. The number of ketones is 1. The minimum absolute atomic E-state index is 0.0606. The molecule has 0 aliphatic rings. The number of hydrogen-bond acceptors (Lipinski definition) is 4. The number of halogens is 1. The predicted molar refractivity (Wildman–Crippen MR) is 87.3 cm³/mol. The molecule has 0 N–H and O–H groups in total. The van der Waals surface area contributed by atoms with Crippen LogP contribution in [-0.4, -0.2) is 15.7 Å². The van der Waals surface area contributed by atoms with Gasteiger partial charge in [0.1, 0.15) is 5.82 Å². The maximum absolute atomic E-state index is 12.9. The van der Waals surface area contributed by atoms with Gasteiger partial charge in [-0.25, -0.2) is 8.96 Å². The average Bonchev–Trinajstić information content (AvgIpc) is 2.63. The average molecular weight is 338 g/mol. The van der Waals surface area contributed by atoms with Crippen LogP contribution in [0.25, 0.3) is 11.3 Å². The molecule has 0 atom stereocenters. The number of carbonyl (C=O) groups excluding carboxylic acids is 1. The Morgan fingerprint density at radius 3 is 2.32 bits per heavy atom. The van der Waals surface area contributed by atoms with Crippen LogP contribution < -0.4 is 4.57 Å². The number of benzene rings is 2. The van der Waals surface area contributed by atoms with Gasteiger partial charge in [0.2, 0.25) is 5.78 Å². The van der Waals surface area contributed by atoms with Crippen molar-refractivity contribution in [3.8, 4) is 11.3 Å². The van der Waals surface area contributed by atoms with Crippen molar-refractivity contribution in [3.63, 3.8) is 0 Å². The number of rotatable bonds is 5. The molecule has 0 aliphatic carbocycles. The molecule has 0 amide bonds. The molecule has 0 spiro atoms. The molecule has 1 aromatic heterocycles. The Hall–Kier alpha value is -3.48. The third kappa shape index (κ3) is 3.89. The fraction of sp³-hybridized carbons (Fsp3) is 0.0556. The number of non-ortho nitro benzene ring substituents is 1. The molecule has 0 fully saturated rings. The highest BCUT2D eigenvalue weighted by molar-refractivity contribution is 5.95. The van der Waals surface area contributed by atoms with Crippen LogP contribution >= 0.6 is 0 Å². The van der Waals surface area contributed by atoms with Gasteiger partial charge in [0.15, 0.2) is 12.2 Å². The van der Waals surface area contributed by atoms with Crippen LogP contribution in [0.4, 0.5) is 10.1 Å². The first-order valence-corrected chi connectivity index (χ1v) is 7.41. The Balaban J connectivity index is 1.71. The molecule has 6 nitrogen and oxygen atoms in total. The molecule has 3 rings (SSSR count). The second-order valence-corrected chi connectivity index (χ2v) is 5.35. The van der Waals surface area contributed by atoms with Crippen LogP contribution in [0.2, 0.25) is 0 Å². The van der Waals surface area contributed by atoms with Crippen molar-refractivity contribution in [2.45, 2.75) is 6.54 Å². The van der Waals surface area contributed by atoms with Crippen molar-refractivity contribution in [1.82, 2.24) is 4.98 Å². The SMILES string of the molecule is O=C(C[n+]1ccc(-c2ccc(F)cc2)nc1)c1ccc([N+](=O)[O-])cc1. The van der Waals surface area contributed by atoms with Crippen molar-refractivity contribution in [2.24, 2.45) is 0 Å². The lowest BCUT2D eigenvalue weighted by atomic mass is 10.1. The Morgan fingerprint density at radius 2 is 1.76 bits per heavy atom. The van der Waals surface area contributed by atoms with Crippen molar-refractivity contribution in [1.29, 1.82) is 0 Å². The van der Waals surface area contributed by atoms with Crippen molar-refractivity contribution in [3.05, 3.63) is 88.6 Å². The van der Waals surface area contributed by atoms with Gasteiger partial charge in [-0.2, -0.15) is 0 Å². The van der Waals surface area contributed by atoms with E-state index in [-0.39, 0.29) is 23.8 Å². The second kappa shape index (κ2) is 6.96. The van der Waals surface area contributed by atoms with E-state index in [1.165, 1.54) is 42.7 Å². The Kier molecular flexibility index (Phi) is 4.56. The molecule has 124 valence electrons. The summed E-state index contributed by atoms with van der Waals surface area (Å²) in [6, 6.07) is 13.2. The normalized spacial score (nSPS) is 10.4. The van der Waals surface area contributed by atoms with Gasteiger partial charge < -0.3 is 0 Å².